The van der Waals surface area contributed by atoms with Gasteiger partial charge in [0.2, 0.25) is 0 Å². The summed E-state index contributed by atoms with van der Waals surface area (Å²) in [4.78, 5) is 0. The molecule has 1 heterocycles. The van der Waals surface area contributed by atoms with E-state index in [1.54, 1.807) is 0 Å². The Hall–Kier alpha value is -1.44. The fraction of sp³-hybridized carbons (Fsp3) is 0.619. The van der Waals surface area contributed by atoms with Crippen LogP contribution in [0.15, 0.2) is 23.7 Å². The maximum atomic E-state index is 11.1. The normalized spacial score (nSPS) is 39.7. The summed E-state index contributed by atoms with van der Waals surface area (Å²) in [7, 11) is 0. The number of rotatable bonds is 4. The summed E-state index contributed by atoms with van der Waals surface area (Å²) in [5.74, 6) is -6.40. The Morgan fingerprint density at radius 2 is 2.30 bits per heavy atom. The quantitative estimate of drug-likeness (QED) is 0.565. The number of allylic oxidation sites excluding steroid dienone is 2. The molecule has 2 aliphatic rings. The molecule has 0 saturated carbocycles. The van der Waals surface area contributed by atoms with Gasteiger partial charge in [0.25, 0.3) is 0 Å². The highest BCUT2D eigenvalue weighted by molar-refractivity contribution is 5.53. The van der Waals surface area contributed by atoms with E-state index in [0.29, 0.717) is 6.42 Å². The number of phenolic OH excluding ortho intramolecular Hbond substituents is 1. The molecule has 0 fully saturated rings. The first-order chi connectivity index (χ1) is 15.8. The Balaban J connectivity index is 2.54. The van der Waals surface area contributed by atoms with E-state index in [-0.39, 0.29) is 17.6 Å². The molecule has 0 amide bonds. The van der Waals surface area contributed by atoms with Gasteiger partial charge in [-0.05, 0) is 63.9 Å². The molecule has 1 aromatic rings. The van der Waals surface area contributed by atoms with Crippen LogP contribution < -0.4 is 4.74 Å². The SMILES string of the molecule is [2H]C1=C(C)CC([2H])([2H])[C@]2([2H])[C@@H]1c1c(O)c([2H])c(CCCCC)c([2H])c1OC2(C([2H])([2H])[2H])C([2H])([2H])[2H]. The average molecular weight is 327 g/mol. The second kappa shape index (κ2) is 6.22. The van der Waals surface area contributed by atoms with Gasteiger partial charge in [-0.3, -0.25) is 0 Å². The van der Waals surface area contributed by atoms with E-state index in [9.17, 15) is 6.48 Å². The highest BCUT2D eigenvalue weighted by Crippen LogP contribution is 2.53. The van der Waals surface area contributed by atoms with Gasteiger partial charge < -0.3 is 9.84 Å². The molecule has 2 atom stereocenters. The van der Waals surface area contributed by atoms with Crippen LogP contribution in [-0.2, 0) is 6.42 Å². The van der Waals surface area contributed by atoms with Gasteiger partial charge in [0.05, 0.1) is 4.11 Å². The number of phenols is 1. The monoisotopic (exact) mass is 326 g/mol. The Morgan fingerprint density at radius 3 is 3.04 bits per heavy atom. The van der Waals surface area contributed by atoms with Crippen molar-refractivity contribution in [1.29, 1.82) is 0 Å². The third-order valence-electron chi connectivity index (χ3n) is 4.21. The van der Waals surface area contributed by atoms with Gasteiger partial charge in [0.1, 0.15) is 17.1 Å². The molecule has 0 bridgehead atoms. The van der Waals surface area contributed by atoms with E-state index >= 15 is 0 Å². The highest BCUT2D eigenvalue weighted by atomic mass is 16.5. The molecule has 2 nitrogen and oxygen atoms in total. The summed E-state index contributed by atoms with van der Waals surface area (Å²) in [6.07, 6.45) is -1.10. The Bertz CT molecular complexity index is 1040. The van der Waals surface area contributed by atoms with E-state index in [0.717, 1.165) is 12.8 Å². The van der Waals surface area contributed by atoms with Crippen LogP contribution in [0, 0.1) is 5.89 Å². The largest absolute Gasteiger partial charge is 0.507 e. The van der Waals surface area contributed by atoms with Gasteiger partial charge in [-0.2, -0.15) is 0 Å². The lowest BCUT2D eigenvalue weighted by atomic mass is 9.68. The van der Waals surface area contributed by atoms with Gasteiger partial charge >= 0.3 is 0 Å². The minimum Gasteiger partial charge on any atom is -0.507 e. The van der Waals surface area contributed by atoms with Crippen LogP contribution in [0.5, 0.6) is 11.5 Å². The summed E-state index contributed by atoms with van der Waals surface area (Å²) >= 11 is 0. The molecule has 0 aromatic heterocycles. The summed E-state index contributed by atoms with van der Waals surface area (Å²) in [5.41, 5.74) is -3.74. The molecule has 3 rings (SSSR count). The molecule has 1 N–H and O–H groups in total. The molecule has 1 aliphatic heterocycles. The van der Waals surface area contributed by atoms with Crippen molar-refractivity contribution in [1.82, 2.24) is 0 Å². The zero-order chi connectivity index (χ0) is 26.9. The van der Waals surface area contributed by atoms with Gasteiger partial charge in [0, 0.05) is 29.7 Å². The molecule has 0 spiro atoms. The number of hydrogen-bond donors (Lipinski definition) is 1. The van der Waals surface area contributed by atoms with E-state index < -0.39 is 79.1 Å². The third-order valence-corrected chi connectivity index (χ3v) is 4.21. The van der Waals surface area contributed by atoms with Crippen LogP contribution in [0.1, 0.15) is 93.1 Å². The van der Waals surface area contributed by atoms with E-state index in [1.807, 2.05) is 6.92 Å². The predicted molar refractivity (Wildman–Crippen MR) is 95.3 cm³/mol. The first-order valence-electron chi connectivity index (χ1n) is 14.0. The van der Waals surface area contributed by atoms with Crippen molar-refractivity contribution >= 4 is 0 Å². The molecule has 0 saturated heterocycles. The van der Waals surface area contributed by atoms with Crippen molar-refractivity contribution in [3.05, 3.63) is 34.8 Å². The van der Waals surface area contributed by atoms with Crippen molar-refractivity contribution in [2.75, 3.05) is 0 Å². The van der Waals surface area contributed by atoms with Crippen LogP contribution in [0.3, 0.4) is 0 Å². The number of aromatic hydroxyl groups is 1. The van der Waals surface area contributed by atoms with Crippen molar-refractivity contribution in [3.63, 3.8) is 0 Å². The molecule has 1 aromatic carbocycles. The first kappa shape index (κ1) is 7.21. The minimum atomic E-state index is -3.58. The van der Waals surface area contributed by atoms with Gasteiger partial charge in [-0.25, -0.2) is 0 Å². The van der Waals surface area contributed by atoms with Crippen molar-refractivity contribution in [2.45, 2.75) is 77.5 Å². The standard InChI is InChI=1S/C21H30O2/c1-5-6-7-8-15-12-18(22)20-16-11-14(2)9-10-17(16)21(3,4)23-19(20)13-15/h11-13,16-17,22H,5-10H2,1-4H3/t16-,17-/m1/s1/i3D3,4D3,10D2,11D,12D,13D,17D. The zero-order valence-electron chi connectivity index (χ0n) is 25.5. The number of fused-ring (bicyclic) bond motifs is 3. The van der Waals surface area contributed by atoms with Crippen LogP contribution in [0.4, 0.5) is 0 Å². The maximum Gasteiger partial charge on any atom is 0.127 e. The number of ether oxygens (including phenoxy) is 1. The Kier molecular flexibility index (Phi) is 1.95. The maximum absolute atomic E-state index is 11.1. The third kappa shape index (κ3) is 3.13. The molecule has 126 valence electrons. The molecule has 0 radical (unpaired) electrons. The van der Waals surface area contributed by atoms with Crippen molar-refractivity contribution in [2.24, 2.45) is 5.89 Å². The summed E-state index contributed by atoms with van der Waals surface area (Å²) in [6.45, 7) is -3.80. The lowest BCUT2D eigenvalue weighted by molar-refractivity contribution is 0.0107. The Morgan fingerprint density at radius 1 is 1.48 bits per heavy atom. The smallest absolute Gasteiger partial charge is 0.127 e. The first-order valence-corrected chi connectivity index (χ1v) is 8.02. The lowest BCUT2D eigenvalue weighted by Crippen LogP contribution is -2.45. The molecular formula is C21H30O2. The average Bonchev–Trinajstić information content (AvgIpc) is 2.70. The van der Waals surface area contributed by atoms with Gasteiger partial charge in [-0.1, -0.05) is 31.4 Å². The number of benzene rings is 1. The summed E-state index contributed by atoms with van der Waals surface area (Å²) < 4.78 is 107. The van der Waals surface area contributed by atoms with Gasteiger partial charge in [-0.15, -0.1) is 0 Å². The summed E-state index contributed by atoms with van der Waals surface area (Å²) in [6, 6.07) is -1.37. The molecule has 23 heavy (non-hydrogen) atoms. The molecule has 0 unspecified atom stereocenters. The van der Waals surface area contributed by atoms with Gasteiger partial charge in [0.15, 0.2) is 0 Å². The molecule has 1 aliphatic carbocycles. The Labute approximate surface area is 157 Å². The predicted octanol–water partition coefficient (Wildman–Crippen LogP) is 5.74. The fourth-order valence-corrected chi connectivity index (χ4v) is 3.03. The minimum absolute atomic E-state index is 0.0308. The highest BCUT2D eigenvalue weighted by Gasteiger charge is 2.45. The summed E-state index contributed by atoms with van der Waals surface area (Å²) in [5, 5.41) is 11.1. The number of unbranched alkanes of at least 4 members (excludes halogenated alkanes) is 2. The van der Waals surface area contributed by atoms with Crippen molar-refractivity contribution in [3.8, 4) is 11.5 Å². The zero-order valence-corrected chi connectivity index (χ0v) is 13.5. The van der Waals surface area contributed by atoms with E-state index in [2.05, 4.69) is 0 Å². The lowest BCUT2D eigenvalue weighted by Gasteiger charge is -2.46. The second-order valence-electron chi connectivity index (χ2n) is 6.19. The topological polar surface area (TPSA) is 29.5 Å². The molecular weight excluding hydrogens is 284 g/mol. The molecule has 2 heteroatoms. The number of hydrogen-bond acceptors (Lipinski definition) is 2. The van der Waals surface area contributed by atoms with E-state index in [4.69, 9.17) is 19.8 Å². The fourth-order valence-electron chi connectivity index (χ4n) is 3.03. The van der Waals surface area contributed by atoms with Crippen LogP contribution in [0.25, 0.3) is 0 Å². The second-order valence-corrected chi connectivity index (χ2v) is 6.19. The van der Waals surface area contributed by atoms with Crippen LogP contribution in [0.2, 0.25) is 0 Å². The van der Waals surface area contributed by atoms with Crippen LogP contribution in [-0.4, -0.2) is 10.7 Å². The van der Waals surface area contributed by atoms with Crippen LogP contribution >= 0.6 is 0 Å². The van der Waals surface area contributed by atoms with E-state index in [1.165, 1.54) is 6.92 Å². The van der Waals surface area contributed by atoms with Crippen molar-refractivity contribution < 1.29 is 26.3 Å².